The molecule has 0 aromatic carbocycles. The van der Waals surface area contributed by atoms with Crippen LogP contribution in [0, 0.1) is 17.8 Å². The fourth-order valence-electron chi connectivity index (χ4n) is 7.25. The van der Waals surface area contributed by atoms with Gasteiger partial charge in [0.15, 0.2) is 5.65 Å². The minimum atomic E-state index is 0.343. The number of rotatable bonds is 3. The molecule has 0 unspecified atom stereocenters. The minimum Gasteiger partial charge on any atom is -0.368 e. The number of nitrogen functional groups attached to an aromatic ring is 1. The van der Waals surface area contributed by atoms with Crippen LogP contribution < -0.4 is 10.6 Å². The molecule has 0 amide bonds. The van der Waals surface area contributed by atoms with Gasteiger partial charge >= 0.3 is 0 Å². The highest BCUT2D eigenvalue weighted by Gasteiger charge is 2.48. The van der Waals surface area contributed by atoms with Gasteiger partial charge in [-0.05, 0) is 50.0 Å². The van der Waals surface area contributed by atoms with E-state index in [0.29, 0.717) is 5.95 Å². The summed E-state index contributed by atoms with van der Waals surface area (Å²) in [4.78, 5) is 14.5. The van der Waals surface area contributed by atoms with E-state index in [0.717, 1.165) is 59.8 Å². The number of anilines is 2. The van der Waals surface area contributed by atoms with Crippen molar-refractivity contribution in [3.63, 3.8) is 0 Å². The molecule has 6 rings (SSSR count). The predicted octanol–water partition coefficient (Wildman–Crippen LogP) is 3.58. The first-order valence-corrected chi connectivity index (χ1v) is 12.2. The molecule has 0 radical (unpaired) electrons. The van der Waals surface area contributed by atoms with E-state index >= 15 is 0 Å². The number of hydrogen-bond acceptors (Lipinski definition) is 6. The summed E-state index contributed by atoms with van der Waals surface area (Å²) in [5, 5.41) is 8.20. The number of fused-ring (bicyclic) bond motifs is 5. The van der Waals surface area contributed by atoms with Crippen LogP contribution in [-0.4, -0.2) is 56.8 Å². The first-order valence-electron chi connectivity index (χ1n) is 12.2. The summed E-state index contributed by atoms with van der Waals surface area (Å²) in [7, 11) is 0. The zero-order chi connectivity index (χ0) is 20.1. The number of H-pyrrole nitrogens is 1. The maximum atomic E-state index is 6.06. The van der Waals surface area contributed by atoms with Gasteiger partial charge in [-0.25, -0.2) is 0 Å². The zero-order valence-corrected chi connectivity index (χ0v) is 18.0. The molecule has 30 heavy (non-hydrogen) atoms. The summed E-state index contributed by atoms with van der Waals surface area (Å²) < 4.78 is 0. The van der Waals surface area contributed by atoms with Crippen LogP contribution in [0.1, 0.15) is 64.2 Å². The van der Waals surface area contributed by atoms with Gasteiger partial charge in [0.2, 0.25) is 5.95 Å². The molecule has 3 aliphatic heterocycles. The van der Waals surface area contributed by atoms with Crippen LogP contribution >= 0.6 is 0 Å². The molecule has 4 fully saturated rings. The van der Waals surface area contributed by atoms with Gasteiger partial charge in [0.25, 0.3) is 0 Å². The SMILES string of the molecule is Nc1nc(N2C[C@H]3C[C@@H](C2)[C@H](CC2CCCCC2)N2CCCC[C@@H]32)c2cn[nH]c2n1. The molecule has 3 N–H and O–H groups in total. The quantitative estimate of drug-likeness (QED) is 0.806. The van der Waals surface area contributed by atoms with Crippen molar-refractivity contribution in [1.82, 2.24) is 25.1 Å². The number of aromatic amines is 1. The van der Waals surface area contributed by atoms with Crippen LogP contribution in [0.4, 0.5) is 11.8 Å². The standard InChI is InChI=1S/C23H35N7/c24-23-26-21-18(12-25-28-21)22(27-23)29-13-16-11-17(14-29)20(10-15-6-2-1-3-7-15)30-9-5-4-8-19(16)30/h12,15-17,19-20H,1-11,13-14H2,(H3,24,25,26,27,28)/t16-,17+,19+,20+/m1/s1. The van der Waals surface area contributed by atoms with Gasteiger partial charge in [-0.3, -0.25) is 10.00 Å². The number of aromatic nitrogens is 4. The van der Waals surface area contributed by atoms with E-state index in [-0.39, 0.29) is 0 Å². The van der Waals surface area contributed by atoms with E-state index in [1.165, 1.54) is 70.8 Å². The highest BCUT2D eigenvalue weighted by molar-refractivity contribution is 5.87. The van der Waals surface area contributed by atoms with E-state index in [9.17, 15) is 0 Å². The Morgan fingerprint density at radius 3 is 2.73 bits per heavy atom. The Balaban J connectivity index is 1.31. The summed E-state index contributed by atoms with van der Waals surface area (Å²) in [6, 6.07) is 1.50. The van der Waals surface area contributed by atoms with Crippen molar-refractivity contribution in [1.29, 1.82) is 0 Å². The van der Waals surface area contributed by atoms with E-state index in [4.69, 9.17) is 5.73 Å². The van der Waals surface area contributed by atoms with Crippen molar-refractivity contribution >= 4 is 22.8 Å². The Morgan fingerprint density at radius 1 is 1.00 bits per heavy atom. The van der Waals surface area contributed by atoms with Crippen molar-refractivity contribution in [2.75, 3.05) is 30.3 Å². The highest BCUT2D eigenvalue weighted by atomic mass is 15.3. The summed E-state index contributed by atoms with van der Waals surface area (Å²) in [5.74, 6) is 3.74. The fraction of sp³-hybridized carbons (Fsp3) is 0.783. The van der Waals surface area contributed by atoms with Crippen LogP contribution in [0.5, 0.6) is 0 Å². The molecule has 1 aliphatic carbocycles. The van der Waals surface area contributed by atoms with Crippen LogP contribution in [0.25, 0.3) is 11.0 Å². The molecule has 7 heteroatoms. The number of nitrogens with zero attached hydrogens (tertiary/aromatic N) is 5. The molecule has 2 aromatic heterocycles. The number of hydrogen-bond donors (Lipinski definition) is 2. The average molecular weight is 410 g/mol. The Morgan fingerprint density at radius 2 is 1.83 bits per heavy atom. The van der Waals surface area contributed by atoms with Crippen molar-refractivity contribution in [3.05, 3.63) is 6.20 Å². The van der Waals surface area contributed by atoms with Gasteiger partial charge in [-0.2, -0.15) is 15.1 Å². The predicted molar refractivity (Wildman–Crippen MR) is 119 cm³/mol. The number of piperidine rings is 3. The molecular weight excluding hydrogens is 374 g/mol. The lowest BCUT2D eigenvalue weighted by atomic mass is 9.69. The van der Waals surface area contributed by atoms with E-state index in [1.807, 2.05) is 6.20 Å². The first kappa shape index (κ1) is 18.8. The van der Waals surface area contributed by atoms with Crippen LogP contribution in [-0.2, 0) is 0 Å². The lowest BCUT2D eigenvalue weighted by Crippen LogP contribution is -2.64. The minimum absolute atomic E-state index is 0.343. The smallest absolute Gasteiger partial charge is 0.224 e. The number of nitrogens with two attached hydrogens (primary N) is 1. The summed E-state index contributed by atoms with van der Waals surface area (Å²) in [5.41, 5.74) is 6.81. The molecule has 2 bridgehead atoms. The maximum Gasteiger partial charge on any atom is 0.224 e. The van der Waals surface area contributed by atoms with Crippen molar-refractivity contribution < 1.29 is 0 Å². The van der Waals surface area contributed by atoms with Gasteiger partial charge in [0.05, 0.1) is 11.6 Å². The first-order chi connectivity index (χ1) is 14.8. The third kappa shape index (κ3) is 3.26. The van der Waals surface area contributed by atoms with Crippen molar-refractivity contribution in [3.8, 4) is 0 Å². The zero-order valence-electron chi connectivity index (χ0n) is 18.0. The third-order valence-corrected chi connectivity index (χ3v) is 8.53. The van der Waals surface area contributed by atoms with Gasteiger partial charge in [-0.1, -0.05) is 38.5 Å². The molecule has 5 heterocycles. The van der Waals surface area contributed by atoms with Gasteiger partial charge < -0.3 is 10.6 Å². The molecular formula is C23H35N7. The third-order valence-electron chi connectivity index (χ3n) is 8.53. The van der Waals surface area contributed by atoms with Crippen molar-refractivity contribution in [2.45, 2.75) is 76.3 Å². The van der Waals surface area contributed by atoms with E-state index in [1.54, 1.807) is 0 Å². The van der Waals surface area contributed by atoms with Crippen LogP contribution in [0.15, 0.2) is 6.20 Å². The molecule has 4 atom stereocenters. The van der Waals surface area contributed by atoms with Crippen LogP contribution in [0.3, 0.4) is 0 Å². The molecule has 1 saturated carbocycles. The largest absolute Gasteiger partial charge is 0.368 e. The molecule has 0 spiro atoms. The molecule has 4 aliphatic rings. The molecule has 162 valence electrons. The normalized spacial score (nSPS) is 33.0. The lowest BCUT2D eigenvalue weighted by molar-refractivity contribution is -0.0426. The monoisotopic (exact) mass is 409 g/mol. The second-order valence-electron chi connectivity index (χ2n) is 10.3. The fourth-order valence-corrected chi connectivity index (χ4v) is 7.25. The Bertz CT molecular complexity index is 889. The average Bonchev–Trinajstić information content (AvgIpc) is 3.25. The summed E-state index contributed by atoms with van der Waals surface area (Å²) >= 11 is 0. The topological polar surface area (TPSA) is 87.0 Å². The molecule has 2 aromatic rings. The Labute approximate surface area is 178 Å². The molecule has 3 saturated heterocycles. The van der Waals surface area contributed by atoms with E-state index in [2.05, 4.69) is 30.0 Å². The second kappa shape index (κ2) is 7.66. The Kier molecular flexibility index (Phi) is 4.81. The van der Waals surface area contributed by atoms with Gasteiger partial charge in [-0.15, -0.1) is 0 Å². The van der Waals surface area contributed by atoms with Crippen molar-refractivity contribution in [2.24, 2.45) is 17.8 Å². The van der Waals surface area contributed by atoms with Crippen LogP contribution in [0.2, 0.25) is 0 Å². The second-order valence-corrected chi connectivity index (χ2v) is 10.3. The number of nitrogens with one attached hydrogen (secondary N) is 1. The summed E-state index contributed by atoms with van der Waals surface area (Å²) in [6.07, 6.45) is 16.1. The van der Waals surface area contributed by atoms with E-state index < -0.39 is 0 Å². The summed E-state index contributed by atoms with van der Waals surface area (Å²) in [6.45, 7) is 3.50. The Hall–Kier alpha value is -1.89. The highest BCUT2D eigenvalue weighted by Crippen LogP contribution is 2.45. The maximum absolute atomic E-state index is 6.06. The lowest BCUT2D eigenvalue weighted by Gasteiger charge is -2.57. The van der Waals surface area contributed by atoms with Gasteiger partial charge in [0.1, 0.15) is 5.82 Å². The van der Waals surface area contributed by atoms with Gasteiger partial charge in [0, 0.05) is 25.2 Å². The molecule has 7 nitrogen and oxygen atoms in total.